The molecule has 1 fully saturated rings. The fourth-order valence-electron chi connectivity index (χ4n) is 2.20. The van der Waals surface area contributed by atoms with E-state index in [1.54, 1.807) is 10.8 Å². The van der Waals surface area contributed by atoms with E-state index in [1.165, 1.54) is 42.9 Å². The van der Waals surface area contributed by atoms with Gasteiger partial charge in [0.1, 0.15) is 29.9 Å². The highest BCUT2D eigenvalue weighted by Crippen LogP contribution is 2.36. The van der Waals surface area contributed by atoms with Crippen LogP contribution in [0.1, 0.15) is 45.4 Å². The van der Waals surface area contributed by atoms with Crippen molar-refractivity contribution in [1.29, 1.82) is 0 Å². The van der Waals surface area contributed by atoms with E-state index in [4.69, 9.17) is 9.84 Å². The predicted molar refractivity (Wildman–Crippen MR) is 87.2 cm³/mol. The molecule has 1 saturated heterocycles. The molecule has 0 aromatic heterocycles. The lowest BCUT2D eigenvalue weighted by molar-refractivity contribution is -0.205. The van der Waals surface area contributed by atoms with Crippen molar-refractivity contribution in [1.82, 2.24) is 0 Å². The average molecular weight is 341 g/mol. The van der Waals surface area contributed by atoms with E-state index >= 15 is 0 Å². The molecule has 0 amide bonds. The van der Waals surface area contributed by atoms with Crippen molar-refractivity contribution >= 4 is 21.6 Å². The first kappa shape index (κ1) is 19.5. The molecule has 126 valence electrons. The number of aliphatic hydroxyl groups is 4. The van der Waals surface area contributed by atoms with Crippen LogP contribution in [0.4, 0.5) is 0 Å². The van der Waals surface area contributed by atoms with Crippen molar-refractivity contribution in [3.63, 3.8) is 0 Å². The third-order valence-corrected chi connectivity index (χ3v) is 6.24. The second-order valence-electron chi connectivity index (χ2n) is 5.38. The summed E-state index contributed by atoms with van der Waals surface area (Å²) in [5.41, 5.74) is -0.620. The summed E-state index contributed by atoms with van der Waals surface area (Å²) in [5, 5.41) is 38.3. The van der Waals surface area contributed by atoms with Gasteiger partial charge in [-0.05, 0) is 6.42 Å². The molecule has 0 radical (unpaired) electrons. The number of hydrogen-bond donors (Lipinski definition) is 4. The Balaban J connectivity index is 2.16. The van der Waals surface area contributed by atoms with E-state index < -0.39 is 29.9 Å². The van der Waals surface area contributed by atoms with Crippen LogP contribution < -0.4 is 0 Å². The third-order valence-electron chi connectivity index (χ3n) is 3.59. The molecule has 21 heavy (non-hydrogen) atoms. The van der Waals surface area contributed by atoms with Crippen LogP contribution >= 0.6 is 21.6 Å². The van der Waals surface area contributed by atoms with Crippen LogP contribution in [0.5, 0.6) is 0 Å². The molecule has 0 aliphatic carbocycles. The van der Waals surface area contributed by atoms with Crippen molar-refractivity contribution < 1.29 is 25.2 Å². The zero-order valence-corrected chi connectivity index (χ0v) is 14.2. The molecular weight excluding hydrogens is 312 g/mol. The van der Waals surface area contributed by atoms with E-state index in [1.807, 2.05) is 0 Å². The highest BCUT2D eigenvalue weighted by molar-refractivity contribution is 8.76. The minimum absolute atomic E-state index is 0.371. The van der Waals surface area contributed by atoms with Gasteiger partial charge >= 0.3 is 0 Å². The number of aliphatic hydroxyl groups excluding tert-OH is 4. The molecule has 5 atom stereocenters. The summed E-state index contributed by atoms with van der Waals surface area (Å²) in [7, 11) is 2.96. The lowest BCUT2D eigenvalue weighted by Crippen LogP contribution is -2.57. The lowest BCUT2D eigenvalue weighted by atomic mass is 10.0. The van der Waals surface area contributed by atoms with E-state index in [9.17, 15) is 15.3 Å². The van der Waals surface area contributed by atoms with Gasteiger partial charge in [0.2, 0.25) is 0 Å². The second-order valence-corrected chi connectivity index (χ2v) is 7.97. The first-order valence-electron chi connectivity index (χ1n) is 7.70. The third kappa shape index (κ3) is 6.64. The minimum atomic E-state index is -1.27. The highest BCUT2D eigenvalue weighted by Gasteiger charge is 2.43. The standard InChI is InChI=1S/C14H28O5S2/c1-2-3-4-5-6-7-8-20-21-14-13(18)12(17)11(16)10(9-15)19-14/h10-18H,2-9H2,1H3/t10-,11-,12+,13-,14+/m1/s1. The molecule has 0 bridgehead atoms. The van der Waals surface area contributed by atoms with Gasteiger partial charge in [0.05, 0.1) is 6.61 Å². The Morgan fingerprint density at radius 1 is 0.905 bits per heavy atom. The molecule has 0 saturated carbocycles. The fraction of sp³-hybridized carbons (Fsp3) is 1.00. The van der Waals surface area contributed by atoms with Gasteiger partial charge in [-0.3, -0.25) is 0 Å². The Morgan fingerprint density at radius 2 is 1.57 bits per heavy atom. The fourth-order valence-corrected chi connectivity index (χ4v) is 4.74. The van der Waals surface area contributed by atoms with Gasteiger partial charge in [-0.2, -0.15) is 0 Å². The maximum atomic E-state index is 9.87. The summed E-state index contributed by atoms with van der Waals surface area (Å²) in [6, 6.07) is 0. The molecule has 1 aliphatic rings. The summed E-state index contributed by atoms with van der Waals surface area (Å²) >= 11 is 0. The number of ether oxygens (including phenoxy) is 1. The van der Waals surface area contributed by atoms with Crippen LogP contribution in [-0.4, -0.2) is 62.6 Å². The van der Waals surface area contributed by atoms with Crippen LogP contribution in [0.15, 0.2) is 0 Å². The van der Waals surface area contributed by atoms with Gasteiger partial charge in [-0.1, -0.05) is 60.6 Å². The topological polar surface area (TPSA) is 90.2 Å². The molecule has 0 spiro atoms. The SMILES string of the molecule is CCCCCCCCSS[C@@H]1O[C@H](CO)[C@@H](O)[C@H](O)[C@H]1O. The molecule has 1 heterocycles. The highest BCUT2D eigenvalue weighted by atomic mass is 33.1. The molecular formula is C14H28O5S2. The van der Waals surface area contributed by atoms with Crippen molar-refractivity contribution in [2.45, 2.75) is 75.3 Å². The van der Waals surface area contributed by atoms with Gasteiger partial charge in [-0.15, -0.1) is 0 Å². The van der Waals surface area contributed by atoms with Crippen LogP contribution in [0.2, 0.25) is 0 Å². The lowest BCUT2D eigenvalue weighted by Gasteiger charge is -2.39. The molecule has 7 heteroatoms. The largest absolute Gasteiger partial charge is 0.394 e. The minimum Gasteiger partial charge on any atom is -0.394 e. The quantitative estimate of drug-likeness (QED) is 0.354. The normalized spacial score (nSPS) is 33.3. The van der Waals surface area contributed by atoms with Gasteiger partial charge in [-0.25, -0.2) is 0 Å². The van der Waals surface area contributed by atoms with E-state index in [-0.39, 0.29) is 6.61 Å². The first-order valence-corrected chi connectivity index (χ1v) is 10.1. The Morgan fingerprint density at radius 3 is 2.24 bits per heavy atom. The van der Waals surface area contributed by atoms with Crippen molar-refractivity contribution in [2.24, 2.45) is 0 Å². The maximum Gasteiger partial charge on any atom is 0.142 e. The summed E-state index contributed by atoms with van der Waals surface area (Å²) in [4.78, 5) is 0. The van der Waals surface area contributed by atoms with Crippen LogP contribution in [0, 0.1) is 0 Å². The molecule has 0 aromatic carbocycles. The zero-order valence-electron chi connectivity index (χ0n) is 12.6. The van der Waals surface area contributed by atoms with Gasteiger partial charge in [0.15, 0.2) is 0 Å². The van der Waals surface area contributed by atoms with Crippen LogP contribution in [0.25, 0.3) is 0 Å². The smallest absolute Gasteiger partial charge is 0.142 e. The number of rotatable bonds is 10. The monoisotopic (exact) mass is 340 g/mol. The predicted octanol–water partition coefficient (Wildman–Crippen LogP) is 1.53. The summed E-state index contributed by atoms with van der Waals surface area (Å²) in [6.07, 6.45) is 2.95. The molecule has 1 rings (SSSR count). The van der Waals surface area contributed by atoms with Crippen molar-refractivity contribution in [3.8, 4) is 0 Å². The molecule has 0 aromatic rings. The van der Waals surface area contributed by atoms with Crippen LogP contribution in [0.3, 0.4) is 0 Å². The number of hydrogen-bond acceptors (Lipinski definition) is 7. The van der Waals surface area contributed by atoms with E-state index in [0.717, 1.165) is 12.2 Å². The molecule has 1 aliphatic heterocycles. The molecule has 5 nitrogen and oxygen atoms in total. The van der Waals surface area contributed by atoms with Gasteiger partial charge < -0.3 is 25.2 Å². The van der Waals surface area contributed by atoms with Gasteiger partial charge in [0.25, 0.3) is 0 Å². The summed E-state index contributed by atoms with van der Waals surface area (Å²) in [5.74, 6) is 0.964. The zero-order chi connectivity index (χ0) is 15.7. The summed E-state index contributed by atoms with van der Waals surface area (Å²) in [6.45, 7) is 1.83. The first-order chi connectivity index (χ1) is 10.1. The van der Waals surface area contributed by atoms with Crippen molar-refractivity contribution in [3.05, 3.63) is 0 Å². The van der Waals surface area contributed by atoms with Crippen molar-refractivity contribution in [2.75, 3.05) is 12.4 Å². The van der Waals surface area contributed by atoms with E-state index in [2.05, 4.69) is 6.92 Å². The van der Waals surface area contributed by atoms with E-state index in [0.29, 0.717) is 0 Å². The Bertz CT molecular complexity index is 268. The Labute approximate surface area is 134 Å². The molecule has 0 unspecified atom stereocenters. The second kappa shape index (κ2) is 11.1. The molecule has 4 N–H and O–H groups in total. The number of unbranched alkanes of at least 4 members (excludes halogenated alkanes) is 5. The Kier molecular flexibility index (Phi) is 10.3. The van der Waals surface area contributed by atoms with Gasteiger partial charge in [0, 0.05) is 5.75 Å². The summed E-state index contributed by atoms with van der Waals surface area (Å²) < 4.78 is 5.42. The Hall–Kier alpha value is 0.500. The van der Waals surface area contributed by atoms with Crippen LogP contribution in [-0.2, 0) is 4.74 Å². The maximum absolute atomic E-state index is 9.87. The average Bonchev–Trinajstić information content (AvgIpc) is 2.49.